The van der Waals surface area contributed by atoms with Gasteiger partial charge in [0.25, 0.3) is 0 Å². The molecule has 1 aliphatic heterocycles. The Kier molecular flexibility index (Phi) is 5.83. The van der Waals surface area contributed by atoms with Crippen LogP contribution in [0.2, 0.25) is 0 Å². The molecule has 0 aromatic heterocycles. The maximum absolute atomic E-state index is 10.2. The Hall–Kier alpha value is -0.900. The lowest BCUT2D eigenvalue weighted by atomic mass is 10.0. The van der Waals surface area contributed by atoms with Crippen LogP contribution in [0.4, 0.5) is 0 Å². The van der Waals surface area contributed by atoms with Crippen molar-refractivity contribution < 1.29 is 5.11 Å². The molecule has 1 fully saturated rings. The Morgan fingerprint density at radius 2 is 1.89 bits per heavy atom. The van der Waals surface area contributed by atoms with Gasteiger partial charge in [0.15, 0.2) is 0 Å². The molecule has 1 saturated heterocycles. The first-order chi connectivity index (χ1) is 9.29. The number of hydrogen-bond acceptors (Lipinski definition) is 3. The second kappa shape index (κ2) is 7.63. The van der Waals surface area contributed by atoms with E-state index in [0.717, 1.165) is 57.5 Å². The minimum absolute atomic E-state index is 0.311. The fourth-order valence-corrected chi connectivity index (χ4v) is 2.59. The zero-order valence-corrected chi connectivity index (χ0v) is 11.9. The summed E-state index contributed by atoms with van der Waals surface area (Å²) in [6.45, 7) is 7.73. The molecule has 106 valence electrons. The van der Waals surface area contributed by atoms with Gasteiger partial charge in [-0.1, -0.05) is 31.2 Å². The van der Waals surface area contributed by atoms with Crippen LogP contribution in [0.1, 0.15) is 37.0 Å². The van der Waals surface area contributed by atoms with Crippen molar-refractivity contribution >= 4 is 0 Å². The second-order valence-corrected chi connectivity index (χ2v) is 5.34. The van der Waals surface area contributed by atoms with Crippen LogP contribution in [0.5, 0.6) is 0 Å². The molecule has 3 nitrogen and oxygen atoms in total. The molecule has 1 atom stereocenters. The Bertz CT molecular complexity index is 358. The Morgan fingerprint density at radius 3 is 2.53 bits per heavy atom. The molecule has 2 N–H and O–H groups in total. The number of benzene rings is 1. The van der Waals surface area contributed by atoms with E-state index in [2.05, 4.69) is 41.4 Å². The third-order valence-corrected chi connectivity index (χ3v) is 3.93. The zero-order chi connectivity index (χ0) is 13.5. The van der Waals surface area contributed by atoms with Gasteiger partial charge in [-0.25, -0.2) is 0 Å². The van der Waals surface area contributed by atoms with E-state index >= 15 is 0 Å². The Balaban J connectivity index is 1.72. The van der Waals surface area contributed by atoms with Gasteiger partial charge in [0.05, 0.1) is 6.10 Å². The van der Waals surface area contributed by atoms with E-state index in [-0.39, 0.29) is 6.10 Å². The Morgan fingerprint density at radius 1 is 1.21 bits per heavy atom. The molecule has 0 bridgehead atoms. The summed E-state index contributed by atoms with van der Waals surface area (Å²) in [6.07, 6.45) is 2.67. The average Bonchev–Trinajstić information content (AvgIpc) is 2.48. The highest BCUT2D eigenvalue weighted by Crippen LogP contribution is 2.19. The fraction of sp³-hybridized carbons (Fsp3) is 0.625. The molecule has 0 saturated carbocycles. The number of aliphatic hydroxyl groups excluding tert-OH is 1. The molecule has 0 amide bonds. The smallest absolute Gasteiger partial charge is 0.0790 e. The van der Waals surface area contributed by atoms with Gasteiger partial charge in [-0.15, -0.1) is 0 Å². The lowest BCUT2D eigenvalue weighted by Gasteiger charge is -2.27. The van der Waals surface area contributed by atoms with Crippen LogP contribution in [-0.2, 0) is 6.42 Å². The van der Waals surface area contributed by atoms with Gasteiger partial charge in [-0.2, -0.15) is 0 Å². The largest absolute Gasteiger partial charge is 0.388 e. The molecular weight excluding hydrogens is 236 g/mol. The maximum atomic E-state index is 10.2. The summed E-state index contributed by atoms with van der Waals surface area (Å²) in [6, 6.07) is 8.37. The summed E-state index contributed by atoms with van der Waals surface area (Å²) in [5.74, 6) is 0. The van der Waals surface area contributed by atoms with E-state index in [1.165, 1.54) is 5.56 Å². The van der Waals surface area contributed by atoms with E-state index in [1.54, 1.807) is 0 Å². The van der Waals surface area contributed by atoms with Crippen LogP contribution < -0.4 is 5.32 Å². The number of aryl methyl sites for hydroxylation is 1. The van der Waals surface area contributed by atoms with Gasteiger partial charge < -0.3 is 15.3 Å². The molecule has 0 aliphatic carbocycles. The third-order valence-electron chi connectivity index (χ3n) is 3.93. The predicted molar refractivity (Wildman–Crippen MR) is 79.3 cm³/mol. The number of nitrogens with one attached hydrogen (secondary N) is 1. The molecule has 2 rings (SSSR count). The van der Waals surface area contributed by atoms with Gasteiger partial charge in [-0.3, -0.25) is 0 Å². The summed E-state index contributed by atoms with van der Waals surface area (Å²) in [4.78, 5) is 2.48. The quantitative estimate of drug-likeness (QED) is 0.823. The Labute approximate surface area is 116 Å². The number of hydrogen-bond donors (Lipinski definition) is 2. The van der Waals surface area contributed by atoms with Crippen LogP contribution in [0, 0.1) is 0 Å². The number of piperazine rings is 1. The molecule has 1 aromatic rings. The number of nitrogens with zero attached hydrogens (tertiary/aromatic N) is 1. The van der Waals surface area contributed by atoms with Crippen molar-refractivity contribution in [2.24, 2.45) is 0 Å². The molecule has 19 heavy (non-hydrogen) atoms. The van der Waals surface area contributed by atoms with Crippen LogP contribution in [0.15, 0.2) is 24.3 Å². The van der Waals surface area contributed by atoms with Crippen molar-refractivity contribution in [3.05, 3.63) is 35.4 Å². The number of aliphatic hydroxyl groups is 1. The van der Waals surface area contributed by atoms with Crippen molar-refractivity contribution in [3.63, 3.8) is 0 Å². The molecule has 0 radical (unpaired) electrons. The van der Waals surface area contributed by atoms with Crippen molar-refractivity contribution in [3.8, 4) is 0 Å². The monoisotopic (exact) mass is 262 g/mol. The van der Waals surface area contributed by atoms with E-state index < -0.39 is 0 Å². The van der Waals surface area contributed by atoms with Gasteiger partial charge in [0, 0.05) is 26.2 Å². The first-order valence-electron chi connectivity index (χ1n) is 7.49. The predicted octanol–water partition coefficient (Wildman–Crippen LogP) is 1.97. The SMILES string of the molecule is CCc1ccc(C(O)CCCN2CCNCC2)cc1. The molecular formula is C16H26N2O. The summed E-state index contributed by atoms with van der Waals surface area (Å²) in [5, 5.41) is 13.5. The van der Waals surface area contributed by atoms with Gasteiger partial charge >= 0.3 is 0 Å². The lowest BCUT2D eigenvalue weighted by molar-refractivity contribution is 0.152. The molecule has 1 aliphatic rings. The summed E-state index contributed by atoms with van der Waals surface area (Å²) in [5.41, 5.74) is 2.38. The van der Waals surface area contributed by atoms with E-state index in [1.807, 2.05) is 0 Å². The second-order valence-electron chi connectivity index (χ2n) is 5.34. The van der Waals surface area contributed by atoms with Crippen LogP contribution in [0.25, 0.3) is 0 Å². The minimum Gasteiger partial charge on any atom is -0.388 e. The van der Waals surface area contributed by atoms with E-state index in [9.17, 15) is 5.11 Å². The fourth-order valence-electron chi connectivity index (χ4n) is 2.59. The van der Waals surface area contributed by atoms with Crippen molar-refractivity contribution in [2.75, 3.05) is 32.7 Å². The minimum atomic E-state index is -0.311. The van der Waals surface area contributed by atoms with Crippen molar-refractivity contribution in [1.82, 2.24) is 10.2 Å². The zero-order valence-electron chi connectivity index (χ0n) is 11.9. The molecule has 3 heteroatoms. The standard InChI is InChI=1S/C16H26N2O/c1-2-14-5-7-15(8-6-14)16(19)4-3-11-18-12-9-17-10-13-18/h5-8,16-17,19H,2-4,9-13H2,1H3. The number of rotatable bonds is 6. The molecule has 1 aromatic carbocycles. The molecule has 1 unspecified atom stereocenters. The van der Waals surface area contributed by atoms with Crippen molar-refractivity contribution in [2.45, 2.75) is 32.3 Å². The van der Waals surface area contributed by atoms with Crippen LogP contribution in [-0.4, -0.2) is 42.7 Å². The van der Waals surface area contributed by atoms with Gasteiger partial charge in [0.2, 0.25) is 0 Å². The summed E-state index contributed by atoms with van der Waals surface area (Å²) < 4.78 is 0. The van der Waals surface area contributed by atoms with E-state index in [4.69, 9.17) is 0 Å². The molecule has 0 spiro atoms. The maximum Gasteiger partial charge on any atom is 0.0790 e. The van der Waals surface area contributed by atoms with Crippen LogP contribution in [0.3, 0.4) is 0 Å². The topological polar surface area (TPSA) is 35.5 Å². The van der Waals surface area contributed by atoms with Crippen molar-refractivity contribution in [1.29, 1.82) is 0 Å². The highest BCUT2D eigenvalue weighted by atomic mass is 16.3. The molecule has 1 heterocycles. The first kappa shape index (κ1) is 14.5. The third kappa shape index (κ3) is 4.60. The summed E-state index contributed by atoms with van der Waals surface area (Å²) in [7, 11) is 0. The normalized spacial score (nSPS) is 18.4. The van der Waals surface area contributed by atoms with E-state index in [0.29, 0.717) is 0 Å². The van der Waals surface area contributed by atoms with Gasteiger partial charge in [-0.05, 0) is 36.9 Å². The van der Waals surface area contributed by atoms with Gasteiger partial charge in [0.1, 0.15) is 0 Å². The lowest BCUT2D eigenvalue weighted by Crippen LogP contribution is -2.43. The highest BCUT2D eigenvalue weighted by molar-refractivity contribution is 5.24. The highest BCUT2D eigenvalue weighted by Gasteiger charge is 2.11. The average molecular weight is 262 g/mol. The first-order valence-corrected chi connectivity index (χ1v) is 7.49. The summed E-state index contributed by atoms with van der Waals surface area (Å²) >= 11 is 0. The van der Waals surface area contributed by atoms with Crippen LogP contribution >= 0.6 is 0 Å².